The lowest BCUT2D eigenvalue weighted by atomic mass is 10.3. The maximum absolute atomic E-state index is 12.0. The van der Waals surface area contributed by atoms with Gasteiger partial charge in [0, 0.05) is 19.3 Å². The van der Waals surface area contributed by atoms with Crippen LogP contribution in [0.25, 0.3) is 0 Å². The second-order valence-corrected chi connectivity index (χ2v) is 5.58. The number of nitrogens with one attached hydrogen (secondary N) is 1. The minimum Gasteiger partial charge on any atom is -0.351 e. The zero-order valence-electron chi connectivity index (χ0n) is 13.9. The molecule has 1 amide bonds. The standard InChI is InChI=1S/C17H23N5O/c1-21(2)13-7-12-18-17(23)15-10-11-16(20-19-15)22(3)14-8-5-4-6-9-14/h4-6,8-11H,7,12-13H2,1-3H3,(H,18,23). The summed E-state index contributed by atoms with van der Waals surface area (Å²) in [5.41, 5.74) is 1.35. The lowest BCUT2D eigenvalue weighted by Crippen LogP contribution is -2.28. The number of rotatable bonds is 7. The molecular formula is C17H23N5O. The van der Waals surface area contributed by atoms with E-state index >= 15 is 0 Å². The van der Waals surface area contributed by atoms with Gasteiger partial charge in [-0.1, -0.05) is 18.2 Å². The van der Waals surface area contributed by atoms with Crippen LogP contribution in [0.15, 0.2) is 42.5 Å². The van der Waals surface area contributed by atoms with E-state index in [2.05, 4.69) is 20.4 Å². The fourth-order valence-electron chi connectivity index (χ4n) is 2.10. The van der Waals surface area contributed by atoms with Crippen molar-refractivity contribution in [3.8, 4) is 0 Å². The number of anilines is 2. The van der Waals surface area contributed by atoms with Crippen molar-refractivity contribution in [1.29, 1.82) is 0 Å². The molecule has 0 fully saturated rings. The van der Waals surface area contributed by atoms with Crippen molar-refractivity contribution in [1.82, 2.24) is 20.4 Å². The third kappa shape index (κ3) is 5.03. The molecule has 1 aromatic carbocycles. The van der Waals surface area contributed by atoms with Crippen molar-refractivity contribution in [2.24, 2.45) is 0 Å². The topological polar surface area (TPSA) is 61.4 Å². The largest absolute Gasteiger partial charge is 0.351 e. The first-order valence-electron chi connectivity index (χ1n) is 7.63. The molecule has 1 aromatic heterocycles. The maximum Gasteiger partial charge on any atom is 0.271 e. The zero-order chi connectivity index (χ0) is 16.7. The summed E-state index contributed by atoms with van der Waals surface area (Å²) in [4.78, 5) is 16.0. The van der Waals surface area contributed by atoms with Crippen LogP contribution in [0.1, 0.15) is 16.9 Å². The van der Waals surface area contributed by atoms with E-state index in [1.165, 1.54) is 0 Å². The number of aromatic nitrogens is 2. The fraction of sp³-hybridized carbons (Fsp3) is 0.353. The van der Waals surface area contributed by atoms with E-state index < -0.39 is 0 Å². The first-order chi connectivity index (χ1) is 11.1. The third-order valence-electron chi connectivity index (χ3n) is 3.44. The quantitative estimate of drug-likeness (QED) is 0.791. The predicted octanol–water partition coefficient (Wildman–Crippen LogP) is 1.93. The van der Waals surface area contributed by atoms with Gasteiger partial charge < -0.3 is 15.1 Å². The Kier molecular flexibility index (Phi) is 6.05. The molecule has 1 N–H and O–H groups in total. The zero-order valence-corrected chi connectivity index (χ0v) is 13.9. The van der Waals surface area contributed by atoms with Gasteiger partial charge in [-0.2, -0.15) is 0 Å². The monoisotopic (exact) mass is 313 g/mol. The minimum atomic E-state index is -0.190. The van der Waals surface area contributed by atoms with Crippen LogP contribution in [-0.2, 0) is 0 Å². The molecule has 0 aliphatic rings. The van der Waals surface area contributed by atoms with Crippen molar-refractivity contribution in [2.75, 3.05) is 39.1 Å². The number of nitrogens with zero attached hydrogens (tertiary/aromatic N) is 4. The van der Waals surface area contributed by atoms with Crippen molar-refractivity contribution >= 4 is 17.4 Å². The molecule has 2 rings (SSSR count). The first kappa shape index (κ1) is 16.9. The highest BCUT2D eigenvalue weighted by atomic mass is 16.1. The molecule has 0 bridgehead atoms. The van der Waals surface area contributed by atoms with E-state index in [-0.39, 0.29) is 5.91 Å². The van der Waals surface area contributed by atoms with Gasteiger partial charge in [0.25, 0.3) is 5.91 Å². The Morgan fingerprint density at radius 1 is 1.04 bits per heavy atom. The molecule has 6 nitrogen and oxygen atoms in total. The van der Waals surface area contributed by atoms with E-state index in [1.54, 1.807) is 12.1 Å². The van der Waals surface area contributed by atoms with Crippen LogP contribution < -0.4 is 10.2 Å². The lowest BCUT2D eigenvalue weighted by molar-refractivity contribution is 0.0946. The molecule has 0 radical (unpaired) electrons. The predicted molar refractivity (Wildman–Crippen MR) is 92.0 cm³/mol. The highest BCUT2D eigenvalue weighted by molar-refractivity contribution is 5.92. The Morgan fingerprint density at radius 3 is 2.39 bits per heavy atom. The summed E-state index contributed by atoms with van der Waals surface area (Å²) in [6.45, 7) is 1.57. The lowest BCUT2D eigenvalue weighted by Gasteiger charge is -2.17. The first-order valence-corrected chi connectivity index (χ1v) is 7.63. The van der Waals surface area contributed by atoms with Crippen molar-refractivity contribution < 1.29 is 4.79 Å². The summed E-state index contributed by atoms with van der Waals surface area (Å²) in [6, 6.07) is 13.4. The third-order valence-corrected chi connectivity index (χ3v) is 3.44. The number of carbonyl (C=O) groups is 1. The summed E-state index contributed by atoms with van der Waals surface area (Å²) >= 11 is 0. The number of carbonyl (C=O) groups excluding carboxylic acids is 1. The summed E-state index contributed by atoms with van der Waals surface area (Å²) in [5.74, 6) is 0.505. The van der Waals surface area contributed by atoms with Gasteiger partial charge in [0.05, 0.1) is 0 Å². The fourth-order valence-corrected chi connectivity index (χ4v) is 2.10. The van der Waals surface area contributed by atoms with Crippen LogP contribution >= 0.6 is 0 Å². The van der Waals surface area contributed by atoms with Crippen LogP contribution in [0.5, 0.6) is 0 Å². The van der Waals surface area contributed by atoms with Crippen molar-refractivity contribution in [3.05, 3.63) is 48.2 Å². The summed E-state index contributed by atoms with van der Waals surface area (Å²) in [7, 11) is 5.94. The van der Waals surface area contributed by atoms with E-state index in [1.807, 2.05) is 56.4 Å². The Balaban J connectivity index is 1.92. The highest BCUT2D eigenvalue weighted by Crippen LogP contribution is 2.20. The van der Waals surface area contributed by atoms with Gasteiger partial charge >= 0.3 is 0 Å². The van der Waals surface area contributed by atoms with Crippen LogP contribution in [0.4, 0.5) is 11.5 Å². The molecule has 6 heteroatoms. The van der Waals surface area contributed by atoms with Gasteiger partial charge in [-0.25, -0.2) is 0 Å². The minimum absolute atomic E-state index is 0.190. The van der Waals surface area contributed by atoms with Gasteiger partial charge in [0.1, 0.15) is 0 Å². The Bertz CT molecular complexity index is 613. The molecule has 23 heavy (non-hydrogen) atoms. The van der Waals surface area contributed by atoms with Crippen molar-refractivity contribution in [2.45, 2.75) is 6.42 Å². The molecule has 0 spiro atoms. The van der Waals surface area contributed by atoms with Crippen LogP contribution in [-0.4, -0.2) is 55.2 Å². The van der Waals surface area contributed by atoms with E-state index in [9.17, 15) is 4.79 Å². The van der Waals surface area contributed by atoms with E-state index in [4.69, 9.17) is 0 Å². The normalized spacial score (nSPS) is 10.6. The Labute approximate surface area is 137 Å². The van der Waals surface area contributed by atoms with Gasteiger partial charge in [0.15, 0.2) is 11.5 Å². The van der Waals surface area contributed by atoms with Crippen LogP contribution in [0.2, 0.25) is 0 Å². The molecule has 0 aliphatic carbocycles. The summed E-state index contributed by atoms with van der Waals surface area (Å²) in [5, 5.41) is 11.0. The Hall–Kier alpha value is -2.47. The summed E-state index contributed by atoms with van der Waals surface area (Å²) < 4.78 is 0. The molecule has 2 aromatic rings. The summed E-state index contributed by atoms with van der Waals surface area (Å²) in [6.07, 6.45) is 0.904. The molecule has 0 unspecified atom stereocenters. The van der Waals surface area contributed by atoms with Crippen LogP contribution in [0, 0.1) is 0 Å². The molecule has 0 aliphatic heterocycles. The number of amides is 1. The number of benzene rings is 1. The second-order valence-electron chi connectivity index (χ2n) is 5.58. The number of para-hydroxylation sites is 1. The maximum atomic E-state index is 12.0. The van der Waals surface area contributed by atoms with Crippen molar-refractivity contribution in [3.63, 3.8) is 0 Å². The average Bonchev–Trinajstić information content (AvgIpc) is 2.58. The van der Waals surface area contributed by atoms with Gasteiger partial charge in [-0.15, -0.1) is 10.2 Å². The smallest absolute Gasteiger partial charge is 0.271 e. The molecule has 0 atom stereocenters. The SMILES string of the molecule is CN(C)CCCNC(=O)c1ccc(N(C)c2ccccc2)nn1. The molecule has 1 heterocycles. The van der Waals surface area contributed by atoms with E-state index in [0.717, 1.165) is 18.7 Å². The van der Waals surface area contributed by atoms with Crippen LogP contribution in [0.3, 0.4) is 0 Å². The second kappa shape index (κ2) is 8.24. The molecule has 0 saturated heterocycles. The Morgan fingerprint density at radius 2 is 1.78 bits per heavy atom. The van der Waals surface area contributed by atoms with Gasteiger partial charge in [0.2, 0.25) is 0 Å². The van der Waals surface area contributed by atoms with Gasteiger partial charge in [-0.05, 0) is 51.3 Å². The number of hydrogen-bond donors (Lipinski definition) is 1. The number of hydrogen-bond acceptors (Lipinski definition) is 5. The average molecular weight is 313 g/mol. The highest BCUT2D eigenvalue weighted by Gasteiger charge is 2.10. The molecule has 0 saturated carbocycles. The molecule has 122 valence electrons. The van der Waals surface area contributed by atoms with Gasteiger partial charge in [-0.3, -0.25) is 4.79 Å². The molecular weight excluding hydrogens is 290 g/mol. The van der Waals surface area contributed by atoms with E-state index in [0.29, 0.717) is 18.1 Å².